The molecule has 0 atom stereocenters. The molecule has 0 unspecified atom stereocenters. The van der Waals surface area contributed by atoms with Crippen LogP contribution in [-0.4, -0.2) is 5.84 Å². The smallest absolute Gasteiger partial charge is 0.0960 e. The summed E-state index contributed by atoms with van der Waals surface area (Å²) in [5.41, 5.74) is 6.24. The summed E-state index contributed by atoms with van der Waals surface area (Å²) >= 11 is 0. The van der Waals surface area contributed by atoms with Gasteiger partial charge in [0, 0.05) is 5.70 Å². The summed E-state index contributed by atoms with van der Waals surface area (Å²) in [5.74, 6) is 0.612. The first-order valence-electron chi connectivity index (χ1n) is 2.60. The highest BCUT2D eigenvalue weighted by molar-refractivity contribution is 5.78. The monoisotopic (exact) mass is 112 g/mol. The molecule has 46 valence electrons. The van der Waals surface area contributed by atoms with Crippen LogP contribution < -0.4 is 5.73 Å². The van der Waals surface area contributed by atoms with Crippen molar-refractivity contribution in [3.8, 4) is 0 Å². The Morgan fingerprint density at radius 3 is 2.12 bits per heavy atom. The molecule has 0 aromatic carbocycles. The molecule has 2 N–H and O–H groups in total. The largest absolute Gasteiger partial charge is 0.387 e. The fraction of sp³-hybridized carbons (Fsp3) is 0.500. The molecular formula is C6H12N2. The quantitative estimate of drug-likeness (QED) is 0.403. The zero-order valence-electron chi connectivity index (χ0n) is 5.60. The standard InChI is InChI=1S/C6H12N2/c1-4-5(2)8-6(3)7/h4H,1-3H3,(H2,7,8)/b5-4+. The summed E-state index contributed by atoms with van der Waals surface area (Å²) in [6, 6.07) is 0. The summed E-state index contributed by atoms with van der Waals surface area (Å²) in [5, 5.41) is 0. The van der Waals surface area contributed by atoms with Crippen LogP contribution >= 0.6 is 0 Å². The van der Waals surface area contributed by atoms with E-state index in [1.165, 1.54) is 0 Å². The number of aliphatic imine (C=N–C) groups is 1. The maximum Gasteiger partial charge on any atom is 0.0960 e. The molecule has 2 heteroatoms. The number of amidine groups is 1. The molecular weight excluding hydrogens is 100 g/mol. The topological polar surface area (TPSA) is 38.4 Å². The molecule has 0 fully saturated rings. The SMILES string of the molecule is C/C=C(\C)N=C(C)N. The van der Waals surface area contributed by atoms with E-state index in [0.29, 0.717) is 5.84 Å². The van der Waals surface area contributed by atoms with Crippen molar-refractivity contribution in [1.29, 1.82) is 0 Å². The van der Waals surface area contributed by atoms with E-state index in [2.05, 4.69) is 4.99 Å². The molecule has 0 heterocycles. The molecule has 0 aliphatic heterocycles. The molecule has 0 bridgehead atoms. The van der Waals surface area contributed by atoms with Gasteiger partial charge in [0.05, 0.1) is 5.84 Å². The maximum atomic E-state index is 5.28. The van der Waals surface area contributed by atoms with Crippen LogP contribution in [0.3, 0.4) is 0 Å². The highest BCUT2D eigenvalue weighted by atomic mass is 14.8. The Morgan fingerprint density at radius 2 is 2.00 bits per heavy atom. The molecule has 0 rings (SSSR count). The number of hydrogen-bond acceptors (Lipinski definition) is 1. The van der Waals surface area contributed by atoms with Crippen molar-refractivity contribution in [2.24, 2.45) is 10.7 Å². The molecule has 0 aromatic heterocycles. The number of hydrogen-bond donors (Lipinski definition) is 1. The highest BCUT2D eigenvalue weighted by Gasteiger charge is 1.78. The van der Waals surface area contributed by atoms with Gasteiger partial charge in [0.2, 0.25) is 0 Å². The van der Waals surface area contributed by atoms with Gasteiger partial charge in [-0.15, -0.1) is 0 Å². The van der Waals surface area contributed by atoms with Gasteiger partial charge >= 0.3 is 0 Å². The molecule has 0 saturated heterocycles. The van der Waals surface area contributed by atoms with Gasteiger partial charge in [0.15, 0.2) is 0 Å². The molecule has 0 aliphatic carbocycles. The number of allylic oxidation sites excluding steroid dienone is 2. The first kappa shape index (κ1) is 7.21. The normalized spacial score (nSPS) is 14.4. The van der Waals surface area contributed by atoms with Crippen molar-refractivity contribution in [1.82, 2.24) is 0 Å². The lowest BCUT2D eigenvalue weighted by molar-refractivity contribution is 1.26. The summed E-state index contributed by atoms with van der Waals surface area (Å²) in [6.07, 6.45) is 1.91. The van der Waals surface area contributed by atoms with E-state index in [0.717, 1.165) is 5.70 Å². The molecule has 0 spiro atoms. The Bertz CT molecular complexity index is 118. The third-order valence-corrected chi connectivity index (χ3v) is 0.770. The van der Waals surface area contributed by atoms with E-state index < -0.39 is 0 Å². The minimum absolute atomic E-state index is 0.612. The molecule has 0 radical (unpaired) electrons. The van der Waals surface area contributed by atoms with Crippen molar-refractivity contribution in [2.45, 2.75) is 20.8 Å². The van der Waals surface area contributed by atoms with Crippen LogP contribution in [0.5, 0.6) is 0 Å². The molecule has 0 aliphatic rings. The van der Waals surface area contributed by atoms with Gasteiger partial charge in [0.1, 0.15) is 0 Å². The highest BCUT2D eigenvalue weighted by Crippen LogP contribution is 1.91. The van der Waals surface area contributed by atoms with Crippen LogP contribution in [0.4, 0.5) is 0 Å². The van der Waals surface area contributed by atoms with E-state index in [1.54, 1.807) is 6.92 Å². The average Bonchev–Trinajstić information content (AvgIpc) is 1.65. The Morgan fingerprint density at radius 1 is 1.50 bits per heavy atom. The van der Waals surface area contributed by atoms with Crippen molar-refractivity contribution in [3.63, 3.8) is 0 Å². The second-order valence-electron chi connectivity index (χ2n) is 1.68. The van der Waals surface area contributed by atoms with Crippen molar-refractivity contribution >= 4 is 5.84 Å². The zero-order valence-corrected chi connectivity index (χ0v) is 5.60. The minimum Gasteiger partial charge on any atom is -0.387 e. The van der Waals surface area contributed by atoms with E-state index in [9.17, 15) is 0 Å². The van der Waals surface area contributed by atoms with Crippen LogP contribution in [0.1, 0.15) is 20.8 Å². The van der Waals surface area contributed by atoms with Gasteiger partial charge in [-0.1, -0.05) is 6.08 Å². The van der Waals surface area contributed by atoms with Crippen molar-refractivity contribution < 1.29 is 0 Å². The van der Waals surface area contributed by atoms with E-state index in [4.69, 9.17) is 5.73 Å². The number of nitrogens with two attached hydrogens (primary N) is 1. The van der Waals surface area contributed by atoms with E-state index in [-0.39, 0.29) is 0 Å². The fourth-order valence-electron chi connectivity index (χ4n) is 0.343. The summed E-state index contributed by atoms with van der Waals surface area (Å²) in [7, 11) is 0. The third kappa shape index (κ3) is 3.40. The molecule has 0 amide bonds. The van der Waals surface area contributed by atoms with E-state index in [1.807, 2.05) is 19.9 Å². The lowest BCUT2D eigenvalue weighted by Gasteiger charge is -1.89. The third-order valence-electron chi connectivity index (χ3n) is 0.770. The summed E-state index contributed by atoms with van der Waals surface area (Å²) < 4.78 is 0. The van der Waals surface area contributed by atoms with Gasteiger partial charge in [0.25, 0.3) is 0 Å². The summed E-state index contributed by atoms with van der Waals surface area (Å²) in [4.78, 5) is 3.95. The Hall–Kier alpha value is -0.790. The van der Waals surface area contributed by atoms with Crippen molar-refractivity contribution in [3.05, 3.63) is 11.8 Å². The van der Waals surface area contributed by atoms with Gasteiger partial charge < -0.3 is 5.73 Å². The van der Waals surface area contributed by atoms with Gasteiger partial charge in [-0.3, -0.25) is 0 Å². The Balaban J connectivity index is 3.89. The second-order valence-corrected chi connectivity index (χ2v) is 1.68. The van der Waals surface area contributed by atoms with Gasteiger partial charge in [-0.25, -0.2) is 4.99 Å². The van der Waals surface area contributed by atoms with Crippen molar-refractivity contribution in [2.75, 3.05) is 0 Å². The minimum atomic E-state index is 0.612. The average molecular weight is 112 g/mol. The van der Waals surface area contributed by atoms with Gasteiger partial charge in [-0.2, -0.15) is 0 Å². The molecule has 2 nitrogen and oxygen atoms in total. The Labute approximate surface area is 50.1 Å². The first-order valence-corrected chi connectivity index (χ1v) is 2.60. The zero-order chi connectivity index (χ0) is 6.57. The van der Waals surface area contributed by atoms with Crippen LogP contribution in [0, 0.1) is 0 Å². The second kappa shape index (κ2) is 3.24. The predicted octanol–water partition coefficient (Wildman–Crippen LogP) is 1.29. The van der Waals surface area contributed by atoms with Crippen LogP contribution in [0.25, 0.3) is 0 Å². The lowest BCUT2D eigenvalue weighted by atomic mass is 10.5. The molecule has 0 saturated carbocycles. The number of nitrogens with zero attached hydrogens (tertiary/aromatic N) is 1. The number of rotatable bonds is 1. The Kier molecular flexibility index (Phi) is 2.92. The summed E-state index contributed by atoms with van der Waals surface area (Å²) in [6.45, 7) is 5.62. The molecule has 8 heavy (non-hydrogen) atoms. The van der Waals surface area contributed by atoms with Crippen LogP contribution in [0.2, 0.25) is 0 Å². The first-order chi connectivity index (χ1) is 3.66. The fourth-order valence-corrected chi connectivity index (χ4v) is 0.343. The van der Waals surface area contributed by atoms with Crippen LogP contribution in [0.15, 0.2) is 16.8 Å². The van der Waals surface area contributed by atoms with E-state index >= 15 is 0 Å². The maximum absolute atomic E-state index is 5.28. The molecule has 0 aromatic rings. The predicted molar refractivity (Wildman–Crippen MR) is 36.7 cm³/mol. The lowest BCUT2D eigenvalue weighted by Crippen LogP contribution is -2.04. The van der Waals surface area contributed by atoms with Crippen LogP contribution in [-0.2, 0) is 0 Å². The van der Waals surface area contributed by atoms with Gasteiger partial charge in [-0.05, 0) is 20.8 Å².